The molecular weight excluding hydrogens is 279 g/mol. The Bertz CT molecular complexity index is 543. The van der Waals surface area contributed by atoms with Gasteiger partial charge in [-0.3, -0.25) is 0 Å². The van der Waals surface area contributed by atoms with Crippen molar-refractivity contribution in [3.63, 3.8) is 0 Å². The first kappa shape index (κ1) is 14.7. The van der Waals surface area contributed by atoms with E-state index < -0.39 is 17.7 Å². The van der Waals surface area contributed by atoms with Crippen LogP contribution in [-0.4, -0.2) is 11.8 Å². The van der Waals surface area contributed by atoms with Crippen molar-refractivity contribution in [2.45, 2.75) is 56.8 Å². The first-order valence-electron chi connectivity index (χ1n) is 7.41. The normalized spacial score (nSPS) is 32.6. The SMILES string of the molecule is Cc1ccc2c(c1)[C@H](N)CC1(CCCC(C(F)(F)F)C1)O2. The Kier molecular flexibility index (Phi) is 3.43. The molecule has 1 aliphatic carbocycles. The Balaban J connectivity index is 1.89. The predicted octanol–water partition coefficient (Wildman–Crippen LogP) is 4.27. The number of alkyl halides is 3. The fraction of sp³-hybridized carbons (Fsp3) is 0.625. The first-order chi connectivity index (χ1) is 9.79. The molecule has 5 heteroatoms. The van der Waals surface area contributed by atoms with Gasteiger partial charge in [0.05, 0.1) is 5.92 Å². The van der Waals surface area contributed by atoms with Crippen molar-refractivity contribution in [2.75, 3.05) is 0 Å². The van der Waals surface area contributed by atoms with Crippen LogP contribution in [0.2, 0.25) is 0 Å². The summed E-state index contributed by atoms with van der Waals surface area (Å²) in [6, 6.07) is 5.47. The van der Waals surface area contributed by atoms with Gasteiger partial charge in [0, 0.05) is 18.0 Å². The molecule has 21 heavy (non-hydrogen) atoms. The highest BCUT2D eigenvalue weighted by Crippen LogP contribution is 2.50. The molecule has 1 aliphatic heterocycles. The third-order valence-corrected chi connectivity index (χ3v) is 4.75. The molecule has 1 aromatic carbocycles. The van der Waals surface area contributed by atoms with Crippen molar-refractivity contribution in [2.24, 2.45) is 11.7 Å². The molecule has 2 N–H and O–H groups in total. The molecule has 1 aromatic rings. The molecular formula is C16H20F3NO. The van der Waals surface area contributed by atoms with Crippen LogP contribution in [0.15, 0.2) is 18.2 Å². The van der Waals surface area contributed by atoms with Crippen LogP contribution < -0.4 is 10.5 Å². The summed E-state index contributed by atoms with van der Waals surface area (Å²) in [5.74, 6) is -0.618. The van der Waals surface area contributed by atoms with Gasteiger partial charge in [0.2, 0.25) is 0 Å². The van der Waals surface area contributed by atoms with Crippen molar-refractivity contribution in [3.05, 3.63) is 29.3 Å². The minimum absolute atomic E-state index is 0.0253. The lowest BCUT2D eigenvalue weighted by atomic mass is 9.72. The van der Waals surface area contributed by atoms with Crippen LogP contribution >= 0.6 is 0 Å². The standard InChI is InChI=1S/C16H20F3NO/c1-10-4-5-14-12(7-10)13(20)9-15(21-14)6-2-3-11(8-15)16(17,18)19/h4-5,7,11,13H,2-3,6,8-9,20H2,1H3/t11?,13-,15?/m1/s1. The molecule has 0 saturated heterocycles. The molecule has 0 radical (unpaired) electrons. The van der Waals surface area contributed by atoms with Gasteiger partial charge in [-0.1, -0.05) is 17.7 Å². The van der Waals surface area contributed by atoms with Crippen molar-refractivity contribution < 1.29 is 17.9 Å². The van der Waals surface area contributed by atoms with Crippen molar-refractivity contribution in [3.8, 4) is 5.75 Å². The Hall–Kier alpha value is -1.23. The lowest BCUT2D eigenvalue weighted by Crippen LogP contribution is -2.48. The number of halogens is 3. The third-order valence-electron chi connectivity index (χ3n) is 4.75. The molecule has 3 atom stereocenters. The maximum atomic E-state index is 13.0. The van der Waals surface area contributed by atoms with Crippen LogP contribution in [0.4, 0.5) is 13.2 Å². The monoisotopic (exact) mass is 299 g/mol. The highest BCUT2D eigenvalue weighted by atomic mass is 19.4. The van der Waals surface area contributed by atoms with Gasteiger partial charge in [-0.05, 0) is 38.7 Å². The number of rotatable bonds is 0. The number of hydrogen-bond donors (Lipinski definition) is 1. The Morgan fingerprint density at radius 2 is 2.05 bits per heavy atom. The second kappa shape index (κ2) is 4.90. The largest absolute Gasteiger partial charge is 0.487 e. The van der Waals surface area contributed by atoms with E-state index in [9.17, 15) is 13.2 Å². The fourth-order valence-electron chi connectivity index (χ4n) is 3.72. The topological polar surface area (TPSA) is 35.2 Å². The molecule has 1 saturated carbocycles. The van der Waals surface area contributed by atoms with E-state index in [1.165, 1.54) is 0 Å². The van der Waals surface area contributed by atoms with Gasteiger partial charge in [-0.25, -0.2) is 0 Å². The van der Waals surface area contributed by atoms with Gasteiger partial charge >= 0.3 is 6.18 Å². The molecule has 0 aromatic heterocycles. The van der Waals surface area contributed by atoms with Crippen molar-refractivity contribution in [1.29, 1.82) is 0 Å². The first-order valence-corrected chi connectivity index (χ1v) is 7.41. The van der Waals surface area contributed by atoms with Crippen molar-refractivity contribution >= 4 is 0 Å². The zero-order valence-corrected chi connectivity index (χ0v) is 12.0. The van der Waals surface area contributed by atoms with E-state index in [1.54, 1.807) is 0 Å². The van der Waals surface area contributed by atoms with Crippen LogP contribution in [0.3, 0.4) is 0 Å². The molecule has 3 rings (SSSR count). The van der Waals surface area contributed by atoms with Gasteiger partial charge in [0.15, 0.2) is 0 Å². The molecule has 1 fully saturated rings. The fourth-order valence-corrected chi connectivity index (χ4v) is 3.72. The van der Waals surface area contributed by atoms with Gasteiger partial charge in [0.1, 0.15) is 11.4 Å². The zero-order chi connectivity index (χ0) is 15.3. The zero-order valence-electron chi connectivity index (χ0n) is 12.0. The molecule has 1 spiro atoms. The molecule has 2 nitrogen and oxygen atoms in total. The summed E-state index contributed by atoms with van der Waals surface area (Å²) in [5, 5.41) is 0. The number of nitrogens with two attached hydrogens (primary N) is 1. The number of hydrogen-bond acceptors (Lipinski definition) is 2. The Morgan fingerprint density at radius 1 is 1.29 bits per heavy atom. The average molecular weight is 299 g/mol. The minimum atomic E-state index is -4.14. The number of ether oxygens (including phenoxy) is 1. The van der Waals surface area contributed by atoms with E-state index >= 15 is 0 Å². The van der Waals surface area contributed by atoms with Crippen LogP contribution in [0.1, 0.15) is 49.3 Å². The van der Waals surface area contributed by atoms with Crippen LogP contribution in [0.25, 0.3) is 0 Å². The van der Waals surface area contributed by atoms with Gasteiger partial charge in [-0.2, -0.15) is 13.2 Å². The van der Waals surface area contributed by atoms with E-state index in [4.69, 9.17) is 10.5 Å². The number of benzene rings is 1. The molecule has 1 heterocycles. The third kappa shape index (κ3) is 2.76. The van der Waals surface area contributed by atoms with E-state index in [0.717, 1.165) is 11.1 Å². The van der Waals surface area contributed by atoms with Crippen LogP contribution in [0, 0.1) is 12.8 Å². The molecule has 2 aliphatic rings. The molecule has 0 amide bonds. The highest BCUT2D eigenvalue weighted by molar-refractivity contribution is 5.41. The molecule has 2 unspecified atom stereocenters. The number of fused-ring (bicyclic) bond motifs is 1. The quantitative estimate of drug-likeness (QED) is 0.776. The minimum Gasteiger partial charge on any atom is -0.487 e. The summed E-state index contributed by atoms with van der Waals surface area (Å²) in [5.41, 5.74) is 7.46. The lowest BCUT2D eigenvalue weighted by Gasteiger charge is -2.46. The van der Waals surface area contributed by atoms with Gasteiger partial charge in [0.25, 0.3) is 0 Å². The Morgan fingerprint density at radius 3 is 2.76 bits per heavy atom. The van der Waals surface area contributed by atoms with E-state index in [2.05, 4.69) is 0 Å². The van der Waals surface area contributed by atoms with Crippen LogP contribution in [-0.2, 0) is 0 Å². The lowest BCUT2D eigenvalue weighted by molar-refractivity contribution is -0.199. The second-order valence-electron chi connectivity index (χ2n) is 6.47. The van der Waals surface area contributed by atoms with E-state index in [1.807, 2.05) is 25.1 Å². The van der Waals surface area contributed by atoms with Crippen LogP contribution in [0.5, 0.6) is 5.75 Å². The van der Waals surface area contributed by atoms with Crippen molar-refractivity contribution in [1.82, 2.24) is 0 Å². The maximum Gasteiger partial charge on any atom is 0.391 e. The maximum absolute atomic E-state index is 13.0. The highest BCUT2D eigenvalue weighted by Gasteiger charge is 2.50. The summed E-state index contributed by atoms with van der Waals surface area (Å²) in [7, 11) is 0. The molecule has 116 valence electrons. The summed E-state index contributed by atoms with van der Waals surface area (Å²) >= 11 is 0. The van der Waals surface area contributed by atoms with Gasteiger partial charge < -0.3 is 10.5 Å². The van der Waals surface area contributed by atoms with Gasteiger partial charge in [-0.15, -0.1) is 0 Å². The summed E-state index contributed by atoms with van der Waals surface area (Å²) in [6.45, 7) is 1.97. The number of aryl methyl sites for hydroxylation is 1. The average Bonchev–Trinajstić information content (AvgIpc) is 2.39. The smallest absolute Gasteiger partial charge is 0.391 e. The summed E-state index contributed by atoms with van der Waals surface area (Å²) in [6.07, 6.45) is -2.26. The molecule has 0 bridgehead atoms. The summed E-state index contributed by atoms with van der Waals surface area (Å²) < 4.78 is 45.1. The van der Waals surface area contributed by atoms with E-state index in [-0.39, 0.29) is 18.9 Å². The second-order valence-corrected chi connectivity index (χ2v) is 6.47. The van der Waals surface area contributed by atoms with E-state index in [0.29, 0.717) is 25.0 Å². The predicted molar refractivity (Wildman–Crippen MR) is 74.1 cm³/mol. The Labute approximate surface area is 122 Å². The summed E-state index contributed by atoms with van der Waals surface area (Å²) in [4.78, 5) is 0.